The van der Waals surface area contributed by atoms with Gasteiger partial charge in [0.15, 0.2) is 47.7 Å². The molecule has 0 amide bonds. The van der Waals surface area contributed by atoms with Crippen molar-refractivity contribution in [2.75, 3.05) is 6.61 Å². The molecule has 4 atom stereocenters. The molecule has 0 aromatic carbocycles. The molecule has 0 N–H and O–H groups in total. The van der Waals surface area contributed by atoms with Crippen molar-refractivity contribution >= 4 is 47.6 Å². The molecule has 1 fully saturated rings. The molecular formula is C24H56O7Si5. The topological polar surface area (TPSA) is 72.5 Å². The molecule has 0 aromatic rings. The highest BCUT2D eigenvalue weighted by molar-refractivity contribution is 6.74. The van der Waals surface area contributed by atoms with Crippen molar-refractivity contribution in [1.29, 1.82) is 0 Å². The summed E-state index contributed by atoms with van der Waals surface area (Å²) >= 11 is 0. The van der Waals surface area contributed by atoms with Crippen LogP contribution in [0.3, 0.4) is 0 Å². The summed E-state index contributed by atoms with van der Waals surface area (Å²) in [7, 11) is -10.9. The zero-order chi connectivity index (χ0) is 28.8. The van der Waals surface area contributed by atoms with Crippen LogP contribution in [0.2, 0.25) is 96.7 Å². The Bertz CT molecular complexity index is 757. The highest BCUT2D eigenvalue weighted by atomic mass is 28.4. The second-order valence-corrected chi connectivity index (χ2v) is 38.1. The number of rotatable bonds is 11. The first-order chi connectivity index (χ1) is 15.6. The van der Waals surface area contributed by atoms with Crippen molar-refractivity contribution in [1.82, 2.24) is 0 Å². The van der Waals surface area contributed by atoms with Gasteiger partial charge in [0, 0.05) is 0 Å². The summed E-state index contributed by atoms with van der Waals surface area (Å²) in [4.78, 5) is 13.8. The van der Waals surface area contributed by atoms with Gasteiger partial charge in [-0.15, -0.1) is 0 Å². The lowest BCUT2D eigenvalue weighted by molar-refractivity contribution is -0.291. The molecule has 7 nitrogen and oxygen atoms in total. The Morgan fingerprint density at radius 3 is 1.53 bits per heavy atom. The normalized spacial score (nSPS) is 27.2. The third kappa shape index (κ3) is 10.5. The highest BCUT2D eigenvalue weighted by Crippen LogP contribution is 2.45. The Kier molecular flexibility index (Phi) is 10.6. The predicted molar refractivity (Wildman–Crippen MR) is 161 cm³/mol. The molecule has 0 saturated carbocycles. The molecule has 1 aliphatic rings. The maximum absolute atomic E-state index is 13.8. The average molecular weight is 597 g/mol. The molecule has 0 aliphatic carbocycles. The van der Waals surface area contributed by atoms with E-state index in [0.717, 1.165) is 0 Å². The van der Waals surface area contributed by atoms with Crippen LogP contribution < -0.4 is 0 Å². The lowest BCUT2D eigenvalue weighted by Gasteiger charge is -2.55. The van der Waals surface area contributed by atoms with Crippen LogP contribution in [0.1, 0.15) is 20.8 Å². The molecule has 0 radical (unpaired) electrons. The van der Waals surface area contributed by atoms with E-state index in [1.807, 2.05) is 0 Å². The molecule has 1 saturated heterocycles. The summed E-state index contributed by atoms with van der Waals surface area (Å²) in [6, 6.07) is 0. The quantitative estimate of drug-likeness (QED) is 0.192. The lowest BCUT2D eigenvalue weighted by atomic mass is 9.97. The van der Waals surface area contributed by atoms with Crippen LogP contribution >= 0.6 is 0 Å². The molecule has 1 heterocycles. The number of hydrogen-bond donors (Lipinski definition) is 0. The summed E-state index contributed by atoms with van der Waals surface area (Å²) < 4.78 is 40.0. The third-order valence-electron chi connectivity index (χ3n) is 5.93. The largest absolute Gasteiger partial charge is 0.427 e. The average Bonchev–Trinajstić information content (AvgIpc) is 2.55. The molecule has 1 aliphatic heterocycles. The van der Waals surface area contributed by atoms with E-state index in [4.69, 9.17) is 26.9 Å². The van der Waals surface area contributed by atoms with Gasteiger partial charge in [-0.25, -0.2) is 4.79 Å². The molecule has 12 heteroatoms. The summed E-state index contributed by atoms with van der Waals surface area (Å²) in [5, 5.41) is -0.115. The maximum atomic E-state index is 13.8. The Labute approximate surface area is 226 Å². The first-order valence-corrected chi connectivity index (χ1v) is 29.7. The van der Waals surface area contributed by atoms with Crippen molar-refractivity contribution in [2.45, 2.75) is 142 Å². The Hall–Kier alpha value is 0.354. The van der Waals surface area contributed by atoms with E-state index in [1.165, 1.54) is 0 Å². The van der Waals surface area contributed by atoms with Crippen molar-refractivity contribution in [3.05, 3.63) is 0 Å². The molecule has 0 spiro atoms. The van der Waals surface area contributed by atoms with Crippen LogP contribution in [-0.4, -0.2) is 78.3 Å². The summed E-state index contributed by atoms with van der Waals surface area (Å²) in [6.07, 6.45) is -2.18. The number of hydrogen-bond acceptors (Lipinski definition) is 7. The van der Waals surface area contributed by atoms with Gasteiger partial charge in [0.25, 0.3) is 5.79 Å². The van der Waals surface area contributed by atoms with E-state index in [-0.39, 0.29) is 11.6 Å². The Morgan fingerprint density at radius 2 is 1.17 bits per heavy atom. The minimum absolute atomic E-state index is 0.112. The zero-order valence-electron chi connectivity index (χ0n) is 26.3. The molecule has 36 heavy (non-hydrogen) atoms. The van der Waals surface area contributed by atoms with Crippen molar-refractivity contribution in [2.24, 2.45) is 0 Å². The van der Waals surface area contributed by atoms with E-state index in [1.54, 1.807) is 0 Å². The van der Waals surface area contributed by atoms with E-state index >= 15 is 0 Å². The summed E-state index contributed by atoms with van der Waals surface area (Å²) in [5.74, 6) is -1.86. The third-order valence-corrected chi connectivity index (χ3v) is 14.3. The number of cyclic esters (lactones) is 1. The van der Waals surface area contributed by atoms with Crippen LogP contribution in [0.25, 0.3) is 0 Å². The molecule has 0 unspecified atom stereocenters. The van der Waals surface area contributed by atoms with Crippen molar-refractivity contribution in [3.8, 4) is 0 Å². The number of carbonyl (C=O) groups is 1. The van der Waals surface area contributed by atoms with Crippen molar-refractivity contribution < 1.29 is 31.7 Å². The highest BCUT2D eigenvalue weighted by Gasteiger charge is 2.63. The molecule has 1 rings (SSSR count). The minimum atomic E-state index is -2.45. The van der Waals surface area contributed by atoms with Crippen LogP contribution in [0.15, 0.2) is 0 Å². The summed E-state index contributed by atoms with van der Waals surface area (Å²) in [6.45, 7) is 36.4. The van der Waals surface area contributed by atoms with Gasteiger partial charge in [0.05, 0.1) is 0 Å². The molecular weight excluding hydrogens is 541 g/mol. The Balaban J connectivity index is 3.87. The Morgan fingerprint density at radius 1 is 0.722 bits per heavy atom. The first-order valence-electron chi connectivity index (χ1n) is 13.2. The maximum Gasteiger partial charge on any atom is 0.339 e. The summed E-state index contributed by atoms with van der Waals surface area (Å²) in [5.41, 5.74) is 0. The fourth-order valence-corrected chi connectivity index (χ4v) is 8.67. The van der Waals surface area contributed by atoms with E-state index < -0.39 is 71.7 Å². The van der Waals surface area contributed by atoms with Crippen LogP contribution in [0.5, 0.6) is 0 Å². The van der Waals surface area contributed by atoms with Gasteiger partial charge in [-0.2, -0.15) is 0 Å². The van der Waals surface area contributed by atoms with Crippen LogP contribution in [0.4, 0.5) is 0 Å². The minimum Gasteiger partial charge on any atom is -0.427 e. The monoisotopic (exact) mass is 596 g/mol. The van der Waals surface area contributed by atoms with Gasteiger partial charge < -0.3 is 26.9 Å². The number of esters is 1. The van der Waals surface area contributed by atoms with E-state index in [0.29, 0.717) is 0 Å². The van der Waals surface area contributed by atoms with Crippen molar-refractivity contribution in [3.63, 3.8) is 0 Å². The lowest BCUT2D eigenvalue weighted by Crippen LogP contribution is -2.73. The molecule has 0 bridgehead atoms. The smallest absolute Gasteiger partial charge is 0.339 e. The second-order valence-electron chi connectivity index (χ2n) is 15.5. The fraction of sp³-hybridized carbons (Fsp3) is 0.958. The van der Waals surface area contributed by atoms with Crippen LogP contribution in [-0.2, 0) is 31.7 Å². The van der Waals surface area contributed by atoms with Gasteiger partial charge in [-0.1, -0.05) is 20.8 Å². The second kappa shape index (κ2) is 11.1. The standard InChI is InChI=1S/C24H56O7Si5/c1-23(2,3)36(16,17)31-24(18-26-32(4,5)6)21(30-35(13,14)15)19(28-33(7,8)9)20(22(25)27-24)29-34(10,11)12/h19-21H,18H2,1-17H3/t19-,20-,21-,24-/m1/s1. The van der Waals surface area contributed by atoms with Gasteiger partial charge >= 0.3 is 5.97 Å². The van der Waals surface area contributed by atoms with Gasteiger partial charge in [0.2, 0.25) is 0 Å². The fourth-order valence-electron chi connectivity index (χ4n) is 3.52. The number of carbonyl (C=O) groups excluding carboxylic acids is 1. The predicted octanol–water partition coefficient (Wildman–Crippen LogP) is 6.77. The van der Waals surface area contributed by atoms with Gasteiger partial charge in [-0.05, 0) is 96.7 Å². The van der Waals surface area contributed by atoms with E-state index in [2.05, 4.69) is 112 Å². The SMILES string of the molecule is CC(C)(C)[Si](C)(C)O[C@@]1(CO[Si](C)(C)C)OC(=O)[C@H](O[Si](C)(C)C)[C@@H](O[Si](C)(C)C)[C@H]1O[Si](C)(C)C. The van der Waals surface area contributed by atoms with E-state index in [9.17, 15) is 4.79 Å². The number of ether oxygens (including phenoxy) is 1. The first kappa shape index (κ1) is 34.4. The molecule has 0 aromatic heterocycles. The van der Waals surface area contributed by atoms with Gasteiger partial charge in [-0.3, -0.25) is 0 Å². The zero-order valence-corrected chi connectivity index (χ0v) is 31.3. The van der Waals surface area contributed by atoms with Crippen LogP contribution in [0, 0.1) is 0 Å². The van der Waals surface area contributed by atoms with Gasteiger partial charge in [0.1, 0.15) is 18.8 Å². The molecule has 214 valence electrons.